The Morgan fingerprint density at radius 2 is 1.17 bits per heavy atom. The molecule has 0 spiro atoms. The van der Waals surface area contributed by atoms with E-state index >= 15 is 0 Å². The first-order chi connectivity index (χ1) is 39.5. The first-order valence-electron chi connectivity index (χ1n) is 30.1. The molecule has 0 fully saturated rings. The molecule has 8 aromatic carbocycles. The van der Waals surface area contributed by atoms with Gasteiger partial charge in [0.1, 0.15) is 5.82 Å². The number of aromatic nitrogens is 1. The SMILES string of the molecule is [2H]c1c([2H])c([2H])c(-c2cnc(N3c4[c-]c(Oc5[c-]c(N6[CH-]N(c7c(-c8cc(C(C)(C)C)cc(C(C)(C)C)c8)cccc7-c7c([2H])c([2H])c([2H])c([2H])c7[2H])c7ccccc76)ccc5)ccc4[Si](C)(C)c4ccccc43)cc2C([2H])([2H])[2H])c([2H])c1[2H].[Pt]. The standard InChI is InChI=1S/C65H59N4OSi.Pt/c1-44-36-62(66-42-55(44)46-24-14-11-15-25-46)69-58-32-18-19-33-60(58)71(8,9)61-35-34-52(41-59(61)69)70-51-27-20-26-50(40-51)67-43-68(57-31-17-16-30-56(57)67)63-53(45-22-12-10-13-23-45)28-21-29-54(63)47-37-48(64(2,3)4)39-49(38-47)65(5,6)7;/h10-39,42-43H,1-9H3;/q-3;/i1D3,10D,11D,12D,13D,14D,15D,22D,23D,24D,25D;. The van der Waals surface area contributed by atoms with Crippen molar-refractivity contribution in [2.24, 2.45) is 0 Å². The Balaban J connectivity index is 0.00000803. The summed E-state index contributed by atoms with van der Waals surface area (Å²) >= 11 is 0. The molecule has 2 aliphatic heterocycles. The molecule has 362 valence electrons. The van der Waals surface area contributed by atoms with Crippen LogP contribution in [0.15, 0.2) is 188 Å². The second-order valence-electron chi connectivity index (χ2n) is 20.5. The molecule has 9 aromatic rings. The Morgan fingerprint density at radius 3 is 1.82 bits per heavy atom. The van der Waals surface area contributed by atoms with Gasteiger partial charge in [-0.25, -0.2) is 4.98 Å². The minimum Gasteiger partial charge on any atom is -0.509 e. The van der Waals surface area contributed by atoms with Crippen LogP contribution >= 0.6 is 0 Å². The van der Waals surface area contributed by atoms with Crippen LogP contribution in [0.25, 0.3) is 33.4 Å². The number of para-hydroxylation sites is 4. The van der Waals surface area contributed by atoms with Crippen LogP contribution in [0.2, 0.25) is 13.1 Å². The van der Waals surface area contributed by atoms with Crippen LogP contribution in [-0.2, 0) is 31.9 Å². The summed E-state index contributed by atoms with van der Waals surface area (Å²) in [6.07, 6.45) is 1.27. The predicted octanol–water partition coefficient (Wildman–Crippen LogP) is 16.4. The summed E-state index contributed by atoms with van der Waals surface area (Å²) in [6.45, 7) is 16.6. The molecule has 0 saturated heterocycles. The van der Waals surface area contributed by atoms with E-state index < -0.39 is 63.3 Å². The number of fused-ring (bicyclic) bond motifs is 3. The zero-order valence-corrected chi connectivity index (χ0v) is 44.5. The maximum Gasteiger partial charge on any atom is 0.135 e. The Labute approximate surface area is 460 Å². The van der Waals surface area contributed by atoms with Crippen molar-refractivity contribution < 1.29 is 43.6 Å². The first-order valence-corrected chi connectivity index (χ1v) is 26.6. The smallest absolute Gasteiger partial charge is 0.135 e. The van der Waals surface area contributed by atoms with Crippen LogP contribution in [0.5, 0.6) is 11.5 Å². The Kier molecular flexibility index (Phi) is 9.23. The van der Waals surface area contributed by atoms with Gasteiger partial charge in [0, 0.05) is 82.3 Å². The number of benzene rings is 8. The van der Waals surface area contributed by atoms with Gasteiger partial charge in [-0.2, -0.15) is 12.1 Å². The van der Waals surface area contributed by atoms with Gasteiger partial charge in [0.15, 0.2) is 0 Å². The van der Waals surface area contributed by atoms with Gasteiger partial charge in [-0.05, 0) is 80.5 Å². The summed E-state index contributed by atoms with van der Waals surface area (Å²) in [7, 11) is -2.50. The maximum absolute atomic E-state index is 9.25. The van der Waals surface area contributed by atoms with Gasteiger partial charge >= 0.3 is 0 Å². The van der Waals surface area contributed by atoms with E-state index in [1.54, 1.807) is 6.07 Å². The minimum atomic E-state index is -2.80. The van der Waals surface area contributed by atoms with Gasteiger partial charge in [-0.1, -0.05) is 187 Å². The summed E-state index contributed by atoms with van der Waals surface area (Å²) in [5.74, 6) is 0.866. The molecule has 0 radical (unpaired) electrons. The van der Waals surface area contributed by atoms with Gasteiger partial charge in [-0.15, -0.1) is 47.9 Å². The topological polar surface area (TPSA) is 31.8 Å². The van der Waals surface area contributed by atoms with Gasteiger partial charge in [-0.3, -0.25) is 0 Å². The molecule has 11 rings (SSSR count). The number of ether oxygens (including phenoxy) is 1. The Hall–Kier alpha value is -6.98. The Bertz CT molecular complexity index is 4110. The first kappa shape index (κ1) is 35.2. The summed E-state index contributed by atoms with van der Waals surface area (Å²) in [6, 6.07) is 41.0. The van der Waals surface area contributed by atoms with Crippen LogP contribution in [0.1, 0.15) is 76.1 Å². The van der Waals surface area contributed by atoms with Crippen molar-refractivity contribution in [3.8, 4) is 44.9 Å². The molecule has 2 aliphatic rings. The van der Waals surface area contributed by atoms with Crippen LogP contribution in [-0.4, -0.2) is 13.1 Å². The zero-order valence-electron chi connectivity index (χ0n) is 54.2. The molecule has 0 amide bonds. The van der Waals surface area contributed by atoms with Crippen molar-refractivity contribution >= 4 is 58.4 Å². The Morgan fingerprint density at radius 1 is 0.583 bits per heavy atom. The summed E-state index contributed by atoms with van der Waals surface area (Å²) in [5.41, 5.74) is 7.41. The largest absolute Gasteiger partial charge is 0.509 e. The quantitative estimate of drug-likeness (QED) is 0.112. The number of hydrogen-bond donors (Lipinski definition) is 0. The normalized spacial score (nSPS) is 16.5. The number of pyridine rings is 1. The van der Waals surface area contributed by atoms with Crippen LogP contribution < -0.4 is 29.8 Å². The average molecular weight is 1150 g/mol. The number of hydrogen-bond acceptors (Lipinski definition) is 5. The molecule has 72 heavy (non-hydrogen) atoms. The van der Waals surface area contributed by atoms with Crippen molar-refractivity contribution in [2.75, 3.05) is 14.7 Å². The fourth-order valence-corrected chi connectivity index (χ4v) is 12.5. The molecule has 1 aromatic heterocycles. The number of anilines is 7. The van der Waals surface area contributed by atoms with Crippen molar-refractivity contribution in [2.45, 2.75) is 72.3 Å². The predicted molar refractivity (Wildman–Crippen MR) is 300 cm³/mol. The number of nitrogens with zero attached hydrogens (tertiary/aromatic N) is 4. The van der Waals surface area contributed by atoms with Crippen LogP contribution in [0.3, 0.4) is 0 Å². The molecular weight excluding hydrogens is 1080 g/mol. The third-order valence-corrected chi connectivity index (χ3v) is 16.9. The summed E-state index contributed by atoms with van der Waals surface area (Å²) < 4.78 is 120. The van der Waals surface area contributed by atoms with E-state index in [-0.39, 0.29) is 72.1 Å². The summed E-state index contributed by atoms with van der Waals surface area (Å²) in [5, 5.41) is 2.02. The maximum atomic E-state index is 9.25. The molecule has 0 N–H and O–H groups in total. The third kappa shape index (κ3) is 8.90. The van der Waals surface area contributed by atoms with Crippen molar-refractivity contribution in [3.63, 3.8) is 0 Å². The molecule has 7 heteroatoms. The molecule has 0 bridgehead atoms. The van der Waals surface area contributed by atoms with E-state index in [1.807, 2.05) is 106 Å². The van der Waals surface area contributed by atoms with Crippen molar-refractivity contribution in [3.05, 3.63) is 223 Å². The van der Waals surface area contributed by atoms with E-state index in [9.17, 15) is 2.74 Å². The second-order valence-corrected chi connectivity index (χ2v) is 24.8. The van der Waals surface area contributed by atoms with Crippen LogP contribution in [0.4, 0.5) is 39.9 Å². The minimum absolute atomic E-state index is 0. The molecular formula is C65H59N4OPtSi-3. The van der Waals surface area contributed by atoms with Gasteiger partial charge in [0.2, 0.25) is 0 Å². The molecule has 0 unspecified atom stereocenters. The second kappa shape index (κ2) is 18.9. The van der Waals surface area contributed by atoms with Crippen molar-refractivity contribution in [1.82, 2.24) is 4.98 Å². The van der Waals surface area contributed by atoms with Crippen LogP contribution in [0, 0.1) is 25.7 Å². The van der Waals surface area contributed by atoms with E-state index in [2.05, 4.69) is 91.0 Å². The molecule has 5 nitrogen and oxygen atoms in total. The molecule has 0 saturated carbocycles. The fraction of sp³-hybridized carbons (Fsp3) is 0.169. The van der Waals surface area contributed by atoms with Gasteiger partial charge < -0.3 is 19.4 Å². The van der Waals surface area contributed by atoms with Gasteiger partial charge in [0.05, 0.1) is 21.8 Å². The molecule has 0 atom stereocenters. The van der Waals surface area contributed by atoms with E-state index in [4.69, 9.17) is 24.8 Å². The van der Waals surface area contributed by atoms with E-state index in [0.717, 1.165) is 49.7 Å². The monoisotopic (exact) mass is 1150 g/mol. The zero-order chi connectivity index (χ0) is 60.4. The number of rotatable bonds is 8. The summed E-state index contributed by atoms with van der Waals surface area (Å²) in [4.78, 5) is 10.6. The molecule has 3 heterocycles. The van der Waals surface area contributed by atoms with Crippen molar-refractivity contribution in [1.29, 1.82) is 0 Å². The van der Waals surface area contributed by atoms with E-state index in [0.29, 0.717) is 34.1 Å². The average Bonchev–Trinajstić information content (AvgIpc) is 1.39. The fourth-order valence-electron chi connectivity index (χ4n) is 9.56. The third-order valence-electron chi connectivity index (χ3n) is 13.4. The van der Waals surface area contributed by atoms with Gasteiger partial charge in [0.25, 0.3) is 0 Å². The molecule has 0 aliphatic carbocycles. The van der Waals surface area contributed by atoms with E-state index in [1.165, 1.54) is 12.3 Å². The number of aryl methyl sites for hydroxylation is 1.